The number of ether oxygens (including phenoxy) is 1. The van der Waals surface area contributed by atoms with E-state index in [-0.39, 0.29) is 24.0 Å². The molecule has 0 saturated carbocycles. The van der Waals surface area contributed by atoms with E-state index in [1.807, 2.05) is 0 Å². The summed E-state index contributed by atoms with van der Waals surface area (Å²) in [5.41, 5.74) is 2.03. The molecule has 4 rings (SSSR count). The molecule has 0 aromatic heterocycles. The number of thiocarbonyl (C=S) groups is 1. The predicted octanol–water partition coefficient (Wildman–Crippen LogP) is 4.72. The monoisotopic (exact) mass is 537 g/mol. The molecule has 3 aromatic carbocycles. The Labute approximate surface area is 224 Å². The van der Waals surface area contributed by atoms with Crippen molar-refractivity contribution in [1.82, 2.24) is 4.90 Å². The first kappa shape index (κ1) is 26.9. The summed E-state index contributed by atoms with van der Waals surface area (Å²) in [5, 5.41) is 2.94. The molecule has 1 aliphatic rings. The van der Waals surface area contributed by atoms with Crippen LogP contribution in [-0.2, 0) is 20.7 Å². The number of carbonyl (C=O) groups excluding carboxylic acids is 3. The van der Waals surface area contributed by atoms with E-state index in [1.54, 1.807) is 36.1 Å². The molecule has 1 heterocycles. The van der Waals surface area contributed by atoms with Crippen molar-refractivity contribution in [1.29, 1.82) is 0 Å². The van der Waals surface area contributed by atoms with Crippen molar-refractivity contribution in [2.45, 2.75) is 25.8 Å². The molecule has 0 aliphatic carbocycles. The van der Waals surface area contributed by atoms with E-state index in [0.717, 1.165) is 5.56 Å². The quantitative estimate of drug-likeness (QED) is 0.315. The molecule has 0 bridgehead atoms. The fourth-order valence-electron chi connectivity index (χ4n) is 4.11. The summed E-state index contributed by atoms with van der Waals surface area (Å²) >= 11 is 5.61. The van der Waals surface area contributed by atoms with Crippen LogP contribution in [0.5, 0.6) is 0 Å². The Morgan fingerprint density at radius 2 is 1.55 bits per heavy atom. The van der Waals surface area contributed by atoms with E-state index in [0.29, 0.717) is 29.9 Å². The van der Waals surface area contributed by atoms with Crippen LogP contribution in [0, 0.1) is 11.6 Å². The Morgan fingerprint density at radius 3 is 2.16 bits per heavy atom. The third kappa shape index (κ3) is 6.20. The smallest absolute Gasteiger partial charge is 0.338 e. The van der Waals surface area contributed by atoms with E-state index in [4.69, 9.17) is 17.0 Å². The summed E-state index contributed by atoms with van der Waals surface area (Å²) in [6, 6.07) is 16.7. The average molecular weight is 538 g/mol. The van der Waals surface area contributed by atoms with E-state index >= 15 is 0 Å². The second kappa shape index (κ2) is 11.9. The van der Waals surface area contributed by atoms with Crippen LogP contribution < -0.4 is 10.2 Å². The largest absolute Gasteiger partial charge is 0.462 e. The van der Waals surface area contributed by atoms with Crippen molar-refractivity contribution in [3.8, 4) is 0 Å². The highest BCUT2D eigenvalue weighted by Crippen LogP contribution is 2.28. The van der Waals surface area contributed by atoms with E-state index < -0.39 is 29.6 Å². The lowest BCUT2D eigenvalue weighted by molar-refractivity contribution is -0.124. The number of amides is 2. The van der Waals surface area contributed by atoms with Gasteiger partial charge in [0.25, 0.3) is 5.91 Å². The fourth-order valence-corrected chi connectivity index (χ4v) is 4.52. The number of nitrogens with zero attached hydrogens (tertiary/aromatic N) is 2. The minimum Gasteiger partial charge on any atom is -0.462 e. The first-order chi connectivity index (χ1) is 18.3. The maximum Gasteiger partial charge on any atom is 0.338 e. The summed E-state index contributed by atoms with van der Waals surface area (Å²) in [4.78, 5) is 41.2. The third-order valence-corrected chi connectivity index (χ3v) is 6.43. The van der Waals surface area contributed by atoms with Crippen molar-refractivity contribution in [2.75, 3.05) is 23.4 Å². The van der Waals surface area contributed by atoms with Gasteiger partial charge in [0.1, 0.15) is 17.7 Å². The van der Waals surface area contributed by atoms with Crippen molar-refractivity contribution < 1.29 is 27.9 Å². The van der Waals surface area contributed by atoms with Crippen LogP contribution in [0.3, 0.4) is 0 Å². The molecule has 10 heteroatoms. The number of hydrogen-bond donors (Lipinski definition) is 1. The van der Waals surface area contributed by atoms with Gasteiger partial charge in [0.2, 0.25) is 5.91 Å². The van der Waals surface area contributed by atoms with Crippen LogP contribution >= 0.6 is 12.2 Å². The maximum absolute atomic E-state index is 13.5. The van der Waals surface area contributed by atoms with Gasteiger partial charge in [-0.2, -0.15) is 0 Å². The van der Waals surface area contributed by atoms with Crippen LogP contribution in [0.25, 0.3) is 0 Å². The molecule has 3 aromatic rings. The number of halogens is 2. The first-order valence-electron chi connectivity index (χ1n) is 12.0. The topological polar surface area (TPSA) is 78.9 Å². The van der Waals surface area contributed by atoms with Gasteiger partial charge in [-0.15, -0.1) is 0 Å². The minimum atomic E-state index is -0.896. The molecule has 1 atom stereocenters. The highest BCUT2D eigenvalue weighted by Gasteiger charge is 2.43. The summed E-state index contributed by atoms with van der Waals surface area (Å²) in [7, 11) is 0. The normalized spacial score (nSPS) is 15.1. The van der Waals surface area contributed by atoms with Gasteiger partial charge >= 0.3 is 5.97 Å². The average Bonchev–Trinajstić information content (AvgIpc) is 3.13. The van der Waals surface area contributed by atoms with Crippen LogP contribution in [0.1, 0.15) is 29.3 Å². The molecule has 0 unspecified atom stereocenters. The van der Waals surface area contributed by atoms with Crippen LogP contribution in [0.2, 0.25) is 0 Å². The highest BCUT2D eigenvalue weighted by atomic mass is 32.1. The maximum atomic E-state index is 13.5. The zero-order valence-corrected chi connectivity index (χ0v) is 21.3. The molecular weight excluding hydrogens is 512 g/mol. The molecule has 1 saturated heterocycles. The lowest BCUT2D eigenvalue weighted by atomic mass is 10.1. The molecule has 0 spiro atoms. The zero-order valence-electron chi connectivity index (χ0n) is 20.5. The summed E-state index contributed by atoms with van der Waals surface area (Å²) < 4.78 is 31.8. The Morgan fingerprint density at radius 1 is 0.947 bits per heavy atom. The van der Waals surface area contributed by atoms with Gasteiger partial charge in [-0.05, 0) is 91.8 Å². The molecule has 7 nitrogen and oxygen atoms in total. The van der Waals surface area contributed by atoms with Gasteiger partial charge in [0.05, 0.1) is 24.3 Å². The van der Waals surface area contributed by atoms with Gasteiger partial charge in [-0.3, -0.25) is 14.5 Å². The van der Waals surface area contributed by atoms with Crippen molar-refractivity contribution in [3.05, 3.63) is 95.6 Å². The van der Waals surface area contributed by atoms with Gasteiger partial charge in [0, 0.05) is 12.2 Å². The molecule has 196 valence electrons. The number of nitrogens with one attached hydrogen (secondary N) is 1. The van der Waals surface area contributed by atoms with Crippen molar-refractivity contribution >= 4 is 46.5 Å². The molecule has 2 amide bonds. The molecule has 0 radical (unpaired) electrons. The number of anilines is 2. The van der Waals surface area contributed by atoms with E-state index in [2.05, 4.69) is 5.32 Å². The first-order valence-corrected chi connectivity index (χ1v) is 12.4. The van der Waals surface area contributed by atoms with E-state index in [9.17, 15) is 23.2 Å². The summed E-state index contributed by atoms with van der Waals surface area (Å²) in [6.07, 6.45) is 0.262. The van der Waals surface area contributed by atoms with Gasteiger partial charge < -0.3 is 15.0 Å². The molecule has 1 N–H and O–H groups in total. The van der Waals surface area contributed by atoms with Gasteiger partial charge in [0.15, 0.2) is 5.11 Å². The third-order valence-electron chi connectivity index (χ3n) is 6.02. The van der Waals surface area contributed by atoms with Crippen LogP contribution in [0.4, 0.5) is 20.2 Å². The second-order valence-electron chi connectivity index (χ2n) is 8.57. The number of rotatable bonds is 9. The number of esters is 1. The molecule has 1 aliphatic heterocycles. The van der Waals surface area contributed by atoms with Crippen molar-refractivity contribution in [3.63, 3.8) is 0 Å². The zero-order chi connectivity index (χ0) is 27.2. The Balaban J connectivity index is 1.51. The van der Waals surface area contributed by atoms with Crippen molar-refractivity contribution in [2.24, 2.45) is 0 Å². The molecule has 1 fully saturated rings. The lowest BCUT2D eigenvalue weighted by Crippen LogP contribution is -2.39. The standard InChI is InChI=1S/C28H25F2N3O4S/c1-2-37-27(36)19-5-11-22(12-6-19)31-25(34)17-24-26(35)33(23-13-9-21(30)10-14-23)28(38)32(24)16-15-18-3-7-20(29)8-4-18/h3-14,24H,2,15-17H2,1H3,(H,31,34)/t24-/m0/s1. The van der Waals surface area contributed by atoms with Crippen LogP contribution in [0.15, 0.2) is 72.8 Å². The van der Waals surface area contributed by atoms with Gasteiger partial charge in [-0.1, -0.05) is 12.1 Å². The highest BCUT2D eigenvalue weighted by molar-refractivity contribution is 7.80. The molecular formula is C28H25F2N3O4S. The fraction of sp³-hybridized carbons (Fsp3) is 0.214. The predicted molar refractivity (Wildman–Crippen MR) is 143 cm³/mol. The summed E-state index contributed by atoms with van der Waals surface area (Å²) in [5.74, 6) is -2.11. The molecule has 38 heavy (non-hydrogen) atoms. The second-order valence-corrected chi connectivity index (χ2v) is 8.93. The van der Waals surface area contributed by atoms with E-state index in [1.165, 1.54) is 53.4 Å². The minimum absolute atomic E-state index is 0.195. The Hall–Kier alpha value is -4.18. The SMILES string of the molecule is CCOC(=O)c1ccc(NC(=O)C[C@H]2C(=O)N(c3ccc(F)cc3)C(=S)N2CCc2ccc(F)cc2)cc1. The Kier molecular flexibility index (Phi) is 8.42. The number of benzene rings is 3. The number of hydrogen-bond acceptors (Lipinski definition) is 5. The Bertz CT molecular complexity index is 1330. The lowest BCUT2D eigenvalue weighted by Gasteiger charge is -2.24. The van der Waals surface area contributed by atoms with Gasteiger partial charge in [-0.25, -0.2) is 13.6 Å². The number of carbonyl (C=O) groups is 3. The summed E-state index contributed by atoms with van der Waals surface area (Å²) in [6.45, 7) is 2.27. The van der Waals surface area contributed by atoms with Crippen LogP contribution in [-0.4, -0.2) is 47.0 Å².